The summed E-state index contributed by atoms with van der Waals surface area (Å²) in [6.45, 7) is 0. The summed E-state index contributed by atoms with van der Waals surface area (Å²) in [4.78, 5) is 24.8. The van der Waals surface area contributed by atoms with Crippen molar-refractivity contribution in [1.82, 2.24) is 0 Å². The molecule has 0 saturated heterocycles. The first-order chi connectivity index (χ1) is 12.0. The molecule has 0 unspecified atom stereocenters. The largest absolute Gasteiger partial charge is 0.423 e. The van der Waals surface area contributed by atoms with Gasteiger partial charge in [0.15, 0.2) is 0 Å². The maximum absolute atomic E-state index is 12.7. The second-order valence-corrected chi connectivity index (χ2v) is 7.18. The predicted molar refractivity (Wildman–Crippen MR) is 102 cm³/mol. The molecule has 0 aliphatic heterocycles. The predicted octanol–water partition coefficient (Wildman–Crippen LogP) is 5.57. The van der Waals surface area contributed by atoms with Crippen molar-refractivity contribution in [3.63, 3.8) is 0 Å². The van der Waals surface area contributed by atoms with Crippen LogP contribution in [0.2, 0.25) is 10.0 Å². The number of nitrogens with one attached hydrogen (secondary N) is 1. The smallest absolute Gasteiger partial charge is 0.338 e. The van der Waals surface area contributed by atoms with Crippen LogP contribution in [0.5, 0.6) is 0 Å². The number of carbonyl (C=O) groups is 1. The van der Waals surface area contributed by atoms with E-state index in [4.69, 9.17) is 27.6 Å². The van der Waals surface area contributed by atoms with E-state index in [1.165, 1.54) is 17.4 Å². The molecule has 0 radical (unpaired) electrons. The molecule has 2 aromatic heterocycles. The molecule has 25 heavy (non-hydrogen) atoms. The zero-order valence-electron chi connectivity index (χ0n) is 12.5. The van der Waals surface area contributed by atoms with Gasteiger partial charge in [-0.05, 0) is 24.3 Å². The Morgan fingerprint density at radius 3 is 2.68 bits per heavy atom. The van der Waals surface area contributed by atoms with Crippen LogP contribution in [0.4, 0.5) is 5.69 Å². The number of thiophene rings is 1. The van der Waals surface area contributed by atoms with Crippen molar-refractivity contribution in [3.05, 3.63) is 73.9 Å². The van der Waals surface area contributed by atoms with E-state index in [1.54, 1.807) is 42.5 Å². The lowest BCUT2D eigenvalue weighted by Crippen LogP contribution is -2.13. The lowest BCUT2D eigenvalue weighted by molar-refractivity contribution is 0.103. The minimum absolute atomic E-state index is 0.358. The first kappa shape index (κ1) is 16.1. The molecule has 4 aromatic rings. The van der Waals surface area contributed by atoms with Crippen LogP contribution in [0.25, 0.3) is 21.1 Å². The van der Waals surface area contributed by atoms with E-state index in [-0.39, 0.29) is 0 Å². The Hall–Kier alpha value is -2.34. The van der Waals surface area contributed by atoms with E-state index in [0.717, 1.165) is 10.1 Å². The number of para-hydroxylation sites is 1. The summed E-state index contributed by atoms with van der Waals surface area (Å²) in [5.74, 6) is -0.391. The quantitative estimate of drug-likeness (QED) is 0.456. The van der Waals surface area contributed by atoms with Crippen LogP contribution >= 0.6 is 34.5 Å². The zero-order chi connectivity index (χ0) is 17.6. The highest BCUT2D eigenvalue weighted by Gasteiger charge is 2.18. The lowest BCUT2D eigenvalue weighted by Gasteiger charge is -2.06. The summed E-state index contributed by atoms with van der Waals surface area (Å²) in [6.07, 6.45) is 0. The van der Waals surface area contributed by atoms with Crippen LogP contribution in [0.1, 0.15) is 9.67 Å². The number of fused-ring (bicyclic) bond motifs is 2. The van der Waals surface area contributed by atoms with Gasteiger partial charge in [0.2, 0.25) is 0 Å². The van der Waals surface area contributed by atoms with Gasteiger partial charge in [0.05, 0.1) is 10.7 Å². The Kier molecular flexibility index (Phi) is 4.00. The maximum Gasteiger partial charge on any atom is 0.338 e. The monoisotopic (exact) mass is 389 g/mol. The number of amides is 1. The molecule has 1 amide bonds. The van der Waals surface area contributed by atoms with Gasteiger partial charge in [0, 0.05) is 26.6 Å². The summed E-state index contributed by atoms with van der Waals surface area (Å²) in [5, 5.41) is 5.09. The first-order valence-electron chi connectivity index (χ1n) is 7.25. The van der Waals surface area contributed by atoms with Crippen LogP contribution in [0, 0.1) is 0 Å². The molecule has 0 atom stereocenters. The van der Waals surface area contributed by atoms with Gasteiger partial charge in [-0.1, -0.05) is 41.4 Å². The van der Waals surface area contributed by atoms with Crippen molar-refractivity contribution in [2.45, 2.75) is 0 Å². The van der Waals surface area contributed by atoms with Gasteiger partial charge in [-0.15, -0.1) is 11.3 Å². The van der Waals surface area contributed by atoms with Gasteiger partial charge in [0.25, 0.3) is 5.91 Å². The second-order valence-electron chi connectivity index (χ2n) is 5.32. The summed E-state index contributed by atoms with van der Waals surface area (Å²) >= 11 is 13.6. The molecule has 1 N–H and O–H groups in total. The van der Waals surface area contributed by atoms with Crippen LogP contribution in [-0.4, -0.2) is 5.91 Å². The normalized spacial score (nSPS) is 11.1. The van der Waals surface area contributed by atoms with Gasteiger partial charge in [0.1, 0.15) is 10.5 Å². The molecule has 0 bridgehead atoms. The number of anilines is 1. The Balaban J connectivity index is 1.78. The van der Waals surface area contributed by atoms with Crippen molar-refractivity contribution >= 4 is 67.2 Å². The van der Waals surface area contributed by atoms with Gasteiger partial charge in [-0.3, -0.25) is 4.79 Å². The Labute approximate surface area is 155 Å². The average Bonchev–Trinajstić information content (AvgIpc) is 2.91. The van der Waals surface area contributed by atoms with Crippen LogP contribution in [0.3, 0.4) is 0 Å². The van der Waals surface area contributed by atoms with Crippen molar-refractivity contribution in [2.75, 3.05) is 5.32 Å². The van der Waals surface area contributed by atoms with E-state index in [9.17, 15) is 9.59 Å². The minimum Gasteiger partial charge on any atom is -0.423 e. The Bertz CT molecular complexity index is 1200. The third kappa shape index (κ3) is 2.91. The van der Waals surface area contributed by atoms with Crippen molar-refractivity contribution in [2.24, 2.45) is 0 Å². The third-order valence-corrected chi connectivity index (χ3v) is 5.59. The number of carbonyl (C=O) groups excluding carboxylic acids is 1. The molecule has 0 aliphatic rings. The van der Waals surface area contributed by atoms with Crippen molar-refractivity contribution < 1.29 is 9.21 Å². The molecule has 4 rings (SSSR count). The molecule has 4 nitrogen and oxygen atoms in total. The fourth-order valence-corrected chi connectivity index (χ4v) is 4.27. The summed E-state index contributed by atoms with van der Waals surface area (Å²) in [6, 6.07) is 13.5. The molecule has 124 valence electrons. The molecule has 2 aromatic carbocycles. The SMILES string of the molecule is O=C(Nc1cc(=O)oc2ccccc12)c1sc2cc(Cl)ccc2c1Cl. The molecule has 7 heteroatoms. The van der Waals surface area contributed by atoms with E-state index < -0.39 is 11.5 Å². The standard InChI is InChI=1S/C18H9Cl2NO3S/c19-9-5-6-11-14(7-9)25-17(16(11)20)18(23)21-12-8-15(22)24-13-4-2-1-3-10(12)13/h1-8H,(H,21,23). The topological polar surface area (TPSA) is 59.3 Å². The summed E-state index contributed by atoms with van der Waals surface area (Å²) in [5.41, 5.74) is 0.242. The third-order valence-electron chi connectivity index (χ3n) is 3.70. The minimum atomic E-state index is -0.539. The van der Waals surface area contributed by atoms with Gasteiger partial charge in [-0.2, -0.15) is 0 Å². The van der Waals surface area contributed by atoms with E-state index >= 15 is 0 Å². The highest BCUT2D eigenvalue weighted by atomic mass is 35.5. The molecule has 0 aliphatic carbocycles. The van der Waals surface area contributed by atoms with Crippen LogP contribution in [-0.2, 0) is 0 Å². The van der Waals surface area contributed by atoms with Crippen LogP contribution in [0.15, 0.2) is 57.7 Å². The number of halogens is 2. The number of rotatable bonds is 2. The van der Waals surface area contributed by atoms with E-state index in [0.29, 0.717) is 31.6 Å². The molecular formula is C18H9Cl2NO3S. The molecule has 0 spiro atoms. The molecule has 0 saturated carbocycles. The molecule has 2 heterocycles. The summed E-state index contributed by atoms with van der Waals surface area (Å²) < 4.78 is 5.95. The fourth-order valence-electron chi connectivity index (χ4n) is 2.58. The highest BCUT2D eigenvalue weighted by molar-refractivity contribution is 7.21. The summed E-state index contributed by atoms with van der Waals surface area (Å²) in [7, 11) is 0. The van der Waals surface area contributed by atoms with Crippen LogP contribution < -0.4 is 10.9 Å². The maximum atomic E-state index is 12.7. The van der Waals surface area contributed by atoms with Gasteiger partial charge in [-0.25, -0.2) is 4.79 Å². The van der Waals surface area contributed by atoms with Crippen molar-refractivity contribution in [3.8, 4) is 0 Å². The number of hydrogen-bond donors (Lipinski definition) is 1. The van der Waals surface area contributed by atoms with E-state index in [2.05, 4.69) is 5.32 Å². The van der Waals surface area contributed by atoms with E-state index in [1.807, 2.05) is 0 Å². The number of hydrogen-bond acceptors (Lipinski definition) is 4. The first-order valence-corrected chi connectivity index (χ1v) is 8.82. The van der Waals surface area contributed by atoms with Gasteiger partial charge < -0.3 is 9.73 Å². The van der Waals surface area contributed by atoms with Gasteiger partial charge >= 0.3 is 5.63 Å². The second kappa shape index (κ2) is 6.19. The number of benzene rings is 2. The average molecular weight is 390 g/mol. The highest BCUT2D eigenvalue weighted by Crippen LogP contribution is 2.37. The fraction of sp³-hybridized carbons (Fsp3) is 0. The molecular weight excluding hydrogens is 381 g/mol. The zero-order valence-corrected chi connectivity index (χ0v) is 14.8. The Morgan fingerprint density at radius 2 is 1.84 bits per heavy atom. The molecule has 0 fully saturated rings. The lowest BCUT2D eigenvalue weighted by atomic mass is 10.2. The van der Waals surface area contributed by atoms with Crippen molar-refractivity contribution in [1.29, 1.82) is 0 Å². The Morgan fingerprint density at radius 1 is 1.04 bits per heavy atom.